The lowest BCUT2D eigenvalue weighted by Gasteiger charge is -2.42. The molecule has 218 valence electrons. The third kappa shape index (κ3) is 3.71. The number of fused-ring (bicyclic) bond motifs is 8. The molecule has 1 aliphatic carbocycles. The van der Waals surface area contributed by atoms with Gasteiger partial charge in [0.25, 0.3) is 0 Å². The highest BCUT2D eigenvalue weighted by atomic mass is 32.1. The van der Waals surface area contributed by atoms with Gasteiger partial charge in [0.05, 0.1) is 11.4 Å². The Bertz CT molecular complexity index is 2360. The van der Waals surface area contributed by atoms with Crippen LogP contribution in [0.25, 0.3) is 42.4 Å². The standard InChI is InChI=1S/C42H32FNS/c1-41(2)33-11-7-5-9-29(33)30-17-16-28(24-34(30)41)44-37-18-13-26(22-35(37)42(3,4)36-23-27(43)15-19-38(36)44)25-14-20-40-32(21-25)31-10-6-8-12-39(31)45-40/h5-24H,1-4H3. The number of hydrogen-bond acceptors (Lipinski definition) is 2. The molecule has 45 heavy (non-hydrogen) atoms. The third-order valence-corrected chi connectivity index (χ3v) is 11.5. The number of halogens is 1. The van der Waals surface area contributed by atoms with Gasteiger partial charge >= 0.3 is 0 Å². The van der Waals surface area contributed by atoms with Crippen LogP contribution in [0.15, 0.2) is 121 Å². The molecule has 0 radical (unpaired) electrons. The van der Waals surface area contributed by atoms with Crippen molar-refractivity contribution in [3.8, 4) is 22.3 Å². The zero-order valence-electron chi connectivity index (χ0n) is 25.8. The van der Waals surface area contributed by atoms with Crippen LogP contribution in [0.2, 0.25) is 0 Å². The van der Waals surface area contributed by atoms with Crippen LogP contribution in [0.4, 0.5) is 21.5 Å². The molecule has 0 spiro atoms. The molecule has 6 aromatic carbocycles. The third-order valence-electron chi connectivity index (χ3n) is 10.3. The molecule has 0 N–H and O–H groups in total. The molecule has 1 nitrogen and oxygen atoms in total. The molecule has 0 unspecified atom stereocenters. The Labute approximate surface area is 267 Å². The van der Waals surface area contributed by atoms with Crippen LogP contribution >= 0.6 is 11.3 Å². The summed E-state index contributed by atoms with van der Waals surface area (Å²) in [5.74, 6) is -0.207. The van der Waals surface area contributed by atoms with E-state index in [2.05, 4.69) is 136 Å². The summed E-state index contributed by atoms with van der Waals surface area (Å²) in [6.07, 6.45) is 0. The molecule has 2 aliphatic rings. The van der Waals surface area contributed by atoms with Gasteiger partial charge in [0.1, 0.15) is 5.82 Å². The van der Waals surface area contributed by atoms with Gasteiger partial charge in [0.15, 0.2) is 0 Å². The lowest BCUT2D eigenvalue weighted by atomic mass is 9.72. The molecule has 0 saturated carbocycles. The summed E-state index contributed by atoms with van der Waals surface area (Å²) in [5, 5.41) is 2.59. The lowest BCUT2D eigenvalue weighted by molar-refractivity contribution is 0.596. The first kappa shape index (κ1) is 26.7. The van der Waals surface area contributed by atoms with Crippen molar-refractivity contribution in [1.29, 1.82) is 0 Å². The average Bonchev–Trinajstić information content (AvgIpc) is 3.53. The van der Waals surface area contributed by atoms with Crippen LogP contribution in [-0.4, -0.2) is 0 Å². The largest absolute Gasteiger partial charge is 0.310 e. The molecule has 1 aromatic heterocycles. The van der Waals surface area contributed by atoms with Crippen LogP contribution in [-0.2, 0) is 10.8 Å². The van der Waals surface area contributed by atoms with Crippen LogP contribution in [0.1, 0.15) is 49.9 Å². The van der Waals surface area contributed by atoms with E-state index in [9.17, 15) is 4.39 Å². The van der Waals surface area contributed by atoms with Gasteiger partial charge in [-0.3, -0.25) is 0 Å². The summed E-state index contributed by atoms with van der Waals surface area (Å²) in [6.45, 7) is 9.09. The summed E-state index contributed by atoms with van der Waals surface area (Å²) < 4.78 is 17.6. The Morgan fingerprint density at radius 3 is 2.02 bits per heavy atom. The zero-order chi connectivity index (χ0) is 30.7. The van der Waals surface area contributed by atoms with Crippen molar-refractivity contribution < 1.29 is 4.39 Å². The van der Waals surface area contributed by atoms with Crippen LogP contribution < -0.4 is 4.90 Å². The van der Waals surface area contributed by atoms with E-state index in [1.165, 1.54) is 59.1 Å². The maximum atomic E-state index is 14.9. The average molecular weight is 602 g/mol. The van der Waals surface area contributed by atoms with E-state index in [0.29, 0.717) is 0 Å². The topological polar surface area (TPSA) is 3.24 Å². The van der Waals surface area contributed by atoms with Crippen molar-refractivity contribution in [3.63, 3.8) is 0 Å². The maximum Gasteiger partial charge on any atom is 0.123 e. The number of hydrogen-bond donors (Lipinski definition) is 0. The predicted octanol–water partition coefficient (Wildman–Crippen LogP) is 12.3. The molecule has 1 aliphatic heterocycles. The number of thiophene rings is 1. The minimum atomic E-state index is -0.398. The van der Waals surface area contributed by atoms with Gasteiger partial charge in [-0.1, -0.05) is 88.4 Å². The molecule has 0 fully saturated rings. The van der Waals surface area contributed by atoms with Gasteiger partial charge in [-0.25, -0.2) is 4.39 Å². The summed E-state index contributed by atoms with van der Waals surface area (Å²) in [4.78, 5) is 2.34. The Morgan fingerprint density at radius 2 is 1.16 bits per heavy atom. The number of benzene rings is 6. The minimum absolute atomic E-state index is 0.111. The van der Waals surface area contributed by atoms with Gasteiger partial charge in [-0.15, -0.1) is 11.3 Å². The minimum Gasteiger partial charge on any atom is -0.310 e. The second kappa shape index (κ2) is 9.15. The fraction of sp³-hybridized carbons (Fsp3) is 0.143. The highest BCUT2D eigenvalue weighted by Crippen LogP contribution is 2.55. The van der Waals surface area contributed by atoms with Gasteiger partial charge in [-0.05, 0) is 105 Å². The van der Waals surface area contributed by atoms with Crippen molar-refractivity contribution in [3.05, 3.63) is 149 Å². The van der Waals surface area contributed by atoms with Crippen molar-refractivity contribution in [2.24, 2.45) is 0 Å². The highest BCUT2D eigenvalue weighted by molar-refractivity contribution is 7.25. The molecule has 7 aromatic rings. The van der Waals surface area contributed by atoms with Crippen molar-refractivity contribution in [2.75, 3.05) is 4.90 Å². The normalized spacial score (nSPS) is 15.5. The first-order valence-electron chi connectivity index (χ1n) is 15.6. The molecule has 0 saturated heterocycles. The molecular weight excluding hydrogens is 570 g/mol. The van der Waals surface area contributed by atoms with Gasteiger partial charge < -0.3 is 4.90 Å². The quantitative estimate of drug-likeness (QED) is 0.191. The van der Waals surface area contributed by atoms with Crippen LogP contribution in [0, 0.1) is 5.82 Å². The Balaban J connectivity index is 1.24. The Morgan fingerprint density at radius 1 is 0.511 bits per heavy atom. The summed E-state index contributed by atoms with van der Waals surface area (Å²) >= 11 is 1.84. The second-order valence-electron chi connectivity index (χ2n) is 13.6. The maximum absolute atomic E-state index is 14.9. The molecule has 2 heterocycles. The predicted molar refractivity (Wildman–Crippen MR) is 189 cm³/mol. The van der Waals surface area contributed by atoms with Crippen LogP contribution in [0.3, 0.4) is 0 Å². The fourth-order valence-corrected chi connectivity index (χ4v) is 8.99. The monoisotopic (exact) mass is 601 g/mol. The molecule has 3 heteroatoms. The van der Waals surface area contributed by atoms with Gasteiger partial charge in [-0.2, -0.15) is 0 Å². The summed E-state index contributed by atoms with van der Waals surface area (Å²) in [7, 11) is 0. The van der Waals surface area contributed by atoms with Gasteiger partial charge in [0.2, 0.25) is 0 Å². The Kier molecular flexibility index (Phi) is 5.42. The van der Waals surface area contributed by atoms with Crippen molar-refractivity contribution >= 4 is 48.6 Å². The van der Waals surface area contributed by atoms with E-state index in [-0.39, 0.29) is 11.2 Å². The van der Waals surface area contributed by atoms with E-state index in [0.717, 1.165) is 22.6 Å². The fourth-order valence-electron chi connectivity index (χ4n) is 7.91. The molecular formula is C42H32FNS. The first-order valence-corrected chi connectivity index (χ1v) is 16.4. The SMILES string of the molecule is CC1(C)c2ccccc2-c2ccc(N3c4ccc(F)cc4C(C)(C)c4cc(-c5ccc6sc7ccccc7c6c5)ccc43)cc21. The lowest BCUT2D eigenvalue weighted by Crippen LogP contribution is -2.31. The van der Waals surface area contributed by atoms with E-state index >= 15 is 0 Å². The number of rotatable bonds is 2. The van der Waals surface area contributed by atoms with E-state index in [1.54, 1.807) is 12.1 Å². The van der Waals surface area contributed by atoms with Crippen LogP contribution in [0.5, 0.6) is 0 Å². The van der Waals surface area contributed by atoms with Gasteiger partial charge in [0, 0.05) is 36.7 Å². The number of anilines is 3. The highest BCUT2D eigenvalue weighted by Gasteiger charge is 2.39. The molecule has 0 atom stereocenters. The summed E-state index contributed by atoms with van der Waals surface area (Å²) in [6, 6.07) is 43.2. The molecule has 0 bridgehead atoms. The second-order valence-corrected chi connectivity index (χ2v) is 14.6. The Hall–Kier alpha value is -4.73. The first-order chi connectivity index (χ1) is 21.7. The number of nitrogens with zero attached hydrogens (tertiary/aromatic N) is 1. The van der Waals surface area contributed by atoms with Crippen molar-refractivity contribution in [2.45, 2.75) is 38.5 Å². The smallest absolute Gasteiger partial charge is 0.123 e. The molecule has 9 rings (SSSR count). The zero-order valence-corrected chi connectivity index (χ0v) is 26.6. The van der Waals surface area contributed by atoms with E-state index in [4.69, 9.17) is 0 Å². The van der Waals surface area contributed by atoms with E-state index < -0.39 is 5.41 Å². The molecule has 0 amide bonds. The summed E-state index contributed by atoms with van der Waals surface area (Å²) in [5.41, 5.74) is 12.6. The van der Waals surface area contributed by atoms with Crippen molar-refractivity contribution in [1.82, 2.24) is 0 Å². The van der Waals surface area contributed by atoms with E-state index in [1.807, 2.05) is 17.4 Å².